The van der Waals surface area contributed by atoms with E-state index < -0.39 is 0 Å². The van der Waals surface area contributed by atoms with E-state index in [1.807, 2.05) is 41.9 Å². The lowest BCUT2D eigenvalue weighted by atomic mass is 10.0. The summed E-state index contributed by atoms with van der Waals surface area (Å²) in [5.41, 5.74) is 9.65. The van der Waals surface area contributed by atoms with Gasteiger partial charge in [-0.2, -0.15) is 0 Å². The van der Waals surface area contributed by atoms with Crippen LogP contribution in [0.4, 0.5) is 5.95 Å². The van der Waals surface area contributed by atoms with Crippen LogP contribution in [-0.2, 0) is 19.9 Å². The number of phenols is 1. The molecule has 0 unspecified atom stereocenters. The van der Waals surface area contributed by atoms with E-state index in [1.165, 1.54) is 14.2 Å². The van der Waals surface area contributed by atoms with Crippen molar-refractivity contribution in [1.82, 2.24) is 9.55 Å². The topological polar surface area (TPSA) is 91.8 Å². The number of nitrogen functional groups attached to an aromatic ring is 1. The highest BCUT2D eigenvalue weighted by Crippen LogP contribution is 2.40. The number of rotatable bonds is 7. The minimum atomic E-state index is 0.0528. The zero-order chi connectivity index (χ0) is 20.3. The summed E-state index contributed by atoms with van der Waals surface area (Å²) < 4.78 is 17.6. The predicted molar refractivity (Wildman–Crippen MR) is 107 cm³/mol. The smallest absolute Gasteiger partial charge is 0.203 e. The molecule has 0 saturated carbocycles. The van der Waals surface area contributed by atoms with Crippen LogP contribution in [0.2, 0.25) is 0 Å². The number of hydrogen-bond acceptors (Lipinski definition) is 6. The Morgan fingerprint density at radius 3 is 2.29 bits per heavy atom. The van der Waals surface area contributed by atoms with Gasteiger partial charge in [0.05, 0.1) is 27.0 Å². The fourth-order valence-electron chi connectivity index (χ4n) is 3.18. The number of phenolic OH excluding ortho intramolecular Hbond substituents is 1. The molecule has 0 aliphatic heterocycles. The summed E-state index contributed by atoms with van der Waals surface area (Å²) in [6.45, 7) is 0. The zero-order valence-corrected chi connectivity index (χ0v) is 16.5. The molecule has 7 heteroatoms. The quantitative estimate of drug-likeness (QED) is 0.652. The van der Waals surface area contributed by atoms with E-state index >= 15 is 0 Å². The average Bonchev–Trinajstić information content (AvgIpc) is 2.97. The SMILES string of the molecule is COc1ccc(Cc2nc(N)n(C)c2Cc2ccc(OC)c(OC)c2O)cc1. The van der Waals surface area contributed by atoms with Gasteiger partial charge < -0.3 is 29.6 Å². The first kappa shape index (κ1) is 19.4. The summed E-state index contributed by atoms with van der Waals surface area (Å²) in [7, 11) is 6.54. The average molecular weight is 383 g/mol. The molecule has 7 nitrogen and oxygen atoms in total. The Morgan fingerprint density at radius 1 is 0.964 bits per heavy atom. The third-order valence-corrected chi connectivity index (χ3v) is 4.82. The number of benzene rings is 2. The van der Waals surface area contributed by atoms with Crippen molar-refractivity contribution in [2.45, 2.75) is 12.8 Å². The third-order valence-electron chi connectivity index (χ3n) is 4.82. The molecule has 0 saturated heterocycles. The highest BCUT2D eigenvalue weighted by molar-refractivity contribution is 5.56. The van der Waals surface area contributed by atoms with Crippen LogP contribution in [0, 0.1) is 0 Å². The highest BCUT2D eigenvalue weighted by Gasteiger charge is 2.19. The molecule has 1 heterocycles. The largest absolute Gasteiger partial charge is 0.504 e. The van der Waals surface area contributed by atoms with Crippen LogP contribution >= 0.6 is 0 Å². The van der Waals surface area contributed by atoms with Crippen molar-refractivity contribution in [3.8, 4) is 23.0 Å². The number of aromatic nitrogens is 2. The number of imidazole rings is 1. The van der Waals surface area contributed by atoms with Crippen LogP contribution in [0.1, 0.15) is 22.5 Å². The van der Waals surface area contributed by atoms with Crippen molar-refractivity contribution in [2.75, 3.05) is 27.1 Å². The van der Waals surface area contributed by atoms with Gasteiger partial charge in [-0.1, -0.05) is 18.2 Å². The minimum absolute atomic E-state index is 0.0528. The number of nitrogens with zero attached hydrogens (tertiary/aromatic N) is 2. The Labute approximate surface area is 164 Å². The Kier molecular flexibility index (Phi) is 5.63. The lowest BCUT2D eigenvalue weighted by molar-refractivity contribution is 0.331. The molecule has 3 rings (SSSR count). The molecular formula is C21H25N3O4. The van der Waals surface area contributed by atoms with Gasteiger partial charge in [0, 0.05) is 31.1 Å². The van der Waals surface area contributed by atoms with Crippen molar-refractivity contribution in [1.29, 1.82) is 0 Å². The molecule has 0 bridgehead atoms. The Bertz CT molecular complexity index is 965. The normalized spacial score (nSPS) is 10.7. The van der Waals surface area contributed by atoms with Gasteiger partial charge in [0.15, 0.2) is 17.4 Å². The van der Waals surface area contributed by atoms with Gasteiger partial charge in [0.25, 0.3) is 0 Å². The zero-order valence-electron chi connectivity index (χ0n) is 16.5. The first-order chi connectivity index (χ1) is 13.5. The van der Waals surface area contributed by atoms with Crippen LogP contribution < -0.4 is 19.9 Å². The Hall–Kier alpha value is -3.35. The number of anilines is 1. The fraction of sp³-hybridized carbons (Fsp3) is 0.286. The summed E-state index contributed by atoms with van der Waals surface area (Å²) in [6, 6.07) is 11.4. The Balaban J connectivity index is 1.94. The standard InChI is InChI=1S/C21H25N3O4/c1-24-17(12-14-7-10-18(27-3)20(28-4)19(14)25)16(23-21(24)22)11-13-5-8-15(26-2)9-6-13/h5-10,25H,11-12H2,1-4H3,(H2,22,23). The third kappa shape index (κ3) is 3.69. The van der Waals surface area contributed by atoms with Gasteiger partial charge in [-0.25, -0.2) is 4.98 Å². The lowest BCUT2D eigenvalue weighted by Crippen LogP contribution is -2.04. The number of nitrogens with two attached hydrogens (primary N) is 1. The second-order valence-electron chi connectivity index (χ2n) is 6.43. The second kappa shape index (κ2) is 8.12. The van der Waals surface area contributed by atoms with Gasteiger partial charge in [-0.05, 0) is 23.8 Å². The van der Waals surface area contributed by atoms with Gasteiger partial charge in [-0.3, -0.25) is 0 Å². The molecule has 0 aliphatic carbocycles. The van der Waals surface area contributed by atoms with E-state index in [0.717, 1.165) is 22.7 Å². The van der Waals surface area contributed by atoms with Crippen molar-refractivity contribution < 1.29 is 19.3 Å². The fourth-order valence-corrected chi connectivity index (χ4v) is 3.18. The first-order valence-corrected chi connectivity index (χ1v) is 8.84. The van der Waals surface area contributed by atoms with Gasteiger partial charge in [0.2, 0.25) is 5.75 Å². The van der Waals surface area contributed by atoms with Gasteiger partial charge in [-0.15, -0.1) is 0 Å². The van der Waals surface area contributed by atoms with Crippen LogP contribution in [0.3, 0.4) is 0 Å². The maximum Gasteiger partial charge on any atom is 0.203 e. The molecule has 0 radical (unpaired) electrons. The first-order valence-electron chi connectivity index (χ1n) is 8.84. The second-order valence-corrected chi connectivity index (χ2v) is 6.43. The molecular weight excluding hydrogens is 358 g/mol. The molecule has 1 aromatic heterocycles. The van der Waals surface area contributed by atoms with Crippen molar-refractivity contribution in [2.24, 2.45) is 7.05 Å². The summed E-state index contributed by atoms with van der Waals surface area (Å²) in [5.74, 6) is 2.08. The molecule has 2 aromatic carbocycles. The summed E-state index contributed by atoms with van der Waals surface area (Å²) in [5, 5.41) is 10.6. The molecule has 3 N–H and O–H groups in total. The van der Waals surface area contributed by atoms with E-state index in [-0.39, 0.29) is 5.75 Å². The Morgan fingerprint density at radius 2 is 1.68 bits per heavy atom. The maximum atomic E-state index is 10.6. The lowest BCUT2D eigenvalue weighted by Gasteiger charge is -2.14. The molecule has 0 spiro atoms. The molecule has 0 atom stereocenters. The van der Waals surface area contributed by atoms with E-state index in [1.54, 1.807) is 13.2 Å². The monoisotopic (exact) mass is 383 g/mol. The van der Waals surface area contributed by atoms with E-state index in [2.05, 4.69) is 4.98 Å². The maximum absolute atomic E-state index is 10.6. The minimum Gasteiger partial charge on any atom is -0.504 e. The van der Waals surface area contributed by atoms with Crippen LogP contribution in [0.15, 0.2) is 36.4 Å². The molecule has 0 aliphatic rings. The van der Waals surface area contributed by atoms with Crippen LogP contribution in [-0.4, -0.2) is 36.0 Å². The van der Waals surface area contributed by atoms with E-state index in [0.29, 0.717) is 35.9 Å². The summed E-state index contributed by atoms with van der Waals surface area (Å²) in [4.78, 5) is 4.52. The van der Waals surface area contributed by atoms with Gasteiger partial charge >= 0.3 is 0 Å². The van der Waals surface area contributed by atoms with Crippen molar-refractivity contribution in [3.05, 3.63) is 58.9 Å². The molecule has 148 valence electrons. The molecule has 0 amide bonds. The van der Waals surface area contributed by atoms with E-state index in [9.17, 15) is 5.11 Å². The van der Waals surface area contributed by atoms with E-state index in [4.69, 9.17) is 19.9 Å². The highest BCUT2D eigenvalue weighted by atomic mass is 16.5. The number of hydrogen-bond donors (Lipinski definition) is 2. The van der Waals surface area contributed by atoms with Crippen molar-refractivity contribution >= 4 is 5.95 Å². The summed E-state index contributed by atoms with van der Waals surface area (Å²) >= 11 is 0. The molecule has 28 heavy (non-hydrogen) atoms. The predicted octanol–water partition coefficient (Wildman–Crippen LogP) is 2.92. The van der Waals surface area contributed by atoms with Crippen LogP contribution in [0.25, 0.3) is 0 Å². The van der Waals surface area contributed by atoms with Crippen molar-refractivity contribution in [3.63, 3.8) is 0 Å². The molecule has 0 fully saturated rings. The number of methoxy groups -OCH3 is 3. The number of aromatic hydroxyl groups is 1. The van der Waals surface area contributed by atoms with Crippen LogP contribution in [0.5, 0.6) is 23.0 Å². The van der Waals surface area contributed by atoms with Gasteiger partial charge in [0.1, 0.15) is 5.75 Å². The summed E-state index contributed by atoms with van der Waals surface area (Å²) in [6.07, 6.45) is 1.08. The number of ether oxygens (including phenoxy) is 3. The molecule has 3 aromatic rings.